The van der Waals surface area contributed by atoms with Crippen LogP contribution < -0.4 is 5.32 Å². The molecule has 0 atom stereocenters. The molecule has 1 aromatic carbocycles. The molecular weight excluding hydrogens is 226 g/mol. The van der Waals surface area contributed by atoms with Crippen LogP contribution in [0.5, 0.6) is 0 Å². The molecule has 0 fully saturated rings. The van der Waals surface area contributed by atoms with Gasteiger partial charge >= 0.3 is 0 Å². The monoisotopic (exact) mass is 237 g/mol. The summed E-state index contributed by atoms with van der Waals surface area (Å²) in [5, 5.41) is 2.87. The van der Waals surface area contributed by atoms with Gasteiger partial charge in [0.1, 0.15) is 0 Å². The Hall–Kier alpha value is -0.870. The maximum atomic E-state index is 11.8. The number of hydrogen-bond acceptors (Lipinski definition) is 3. The van der Waals surface area contributed by atoms with Crippen LogP contribution in [0.3, 0.4) is 0 Å². The Morgan fingerprint density at radius 3 is 2.53 bits per heavy atom. The zero-order valence-corrected chi connectivity index (χ0v) is 10.2. The van der Waals surface area contributed by atoms with Crippen molar-refractivity contribution in [2.24, 2.45) is 0 Å². The molecule has 1 aliphatic rings. The maximum absolute atomic E-state index is 11.8. The van der Waals surface area contributed by atoms with E-state index in [1.807, 2.05) is 36.8 Å². The van der Waals surface area contributed by atoms with Crippen LogP contribution in [0.15, 0.2) is 28.5 Å². The number of carbonyl (C=O) groups excluding carboxylic acids is 1. The molecular formula is C11H11NOS2. The summed E-state index contributed by atoms with van der Waals surface area (Å²) in [6.07, 6.45) is 3.99. The van der Waals surface area contributed by atoms with E-state index in [0.717, 1.165) is 21.1 Å². The fraction of sp³-hybridized carbons (Fsp3) is 0.182. The summed E-state index contributed by atoms with van der Waals surface area (Å²) >= 11 is 3.23. The van der Waals surface area contributed by atoms with E-state index in [1.165, 1.54) is 0 Å². The molecule has 0 saturated heterocycles. The highest BCUT2D eigenvalue weighted by Crippen LogP contribution is 2.40. The third-order valence-electron chi connectivity index (χ3n) is 2.25. The Balaban J connectivity index is 2.59. The molecule has 1 heterocycles. The number of benzene rings is 1. The molecule has 0 aliphatic carbocycles. The van der Waals surface area contributed by atoms with Crippen LogP contribution in [0.2, 0.25) is 0 Å². The SMILES string of the molecule is CSC(SC)=C1C(=O)Nc2ccccc21. The first-order chi connectivity index (χ1) is 7.27. The van der Waals surface area contributed by atoms with Gasteiger partial charge in [0.05, 0.1) is 9.81 Å². The molecule has 2 rings (SSSR count). The van der Waals surface area contributed by atoms with Gasteiger partial charge in [0.2, 0.25) is 0 Å². The van der Waals surface area contributed by atoms with E-state index in [0.29, 0.717) is 0 Å². The Bertz CT molecular complexity index is 434. The van der Waals surface area contributed by atoms with Gasteiger partial charge < -0.3 is 5.32 Å². The number of nitrogens with one attached hydrogen (secondary N) is 1. The van der Waals surface area contributed by atoms with Crippen molar-refractivity contribution in [2.45, 2.75) is 0 Å². The minimum Gasteiger partial charge on any atom is -0.321 e. The van der Waals surface area contributed by atoms with Gasteiger partial charge in [0.15, 0.2) is 0 Å². The van der Waals surface area contributed by atoms with E-state index in [4.69, 9.17) is 0 Å². The number of thioether (sulfide) groups is 2. The largest absolute Gasteiger partial charge is 0.321 e. The van der Waals surface area contributed by atoms with Crippen molar-refractivity contribution < 1.29 is 4.79 Å². The van der Waals surface area contributed by atoms with Crippen LogP contribution in [-0.4, -0.2) is 18.4 Å². The summed E-state index contributed by atoms with van der Waals surface area (Å²) in [6.45, 7) is 0. The van der Waals surface area contributed by atoms with Gasteiger partial charge in [-0.25, -0.2) is 0 Å². The number of fused-ring (bicyclic) bond motifs is 1. The molecule has 1 amide bonds. The third-order valence-corrected chi connectivity index (χ3v) is 4.40. The number of rotatable bonds is 2. The summed E-state index contributed by atoms with van der Waals surface area (Å²) in [5.74, 6) is 0.00917. The van der Waals surface area contributed by atoms with Crippen molar-refractivity contribution in [3.63, 3.8) is 0 Å². The van der Waals surface area contributed by atoms with Gasteiger partial charge in [-0.1, -0.05) is 18.2 Å². The van der Waals surface area contributed by atoms with Crippen molar-refractivity contribution >= 4 is 40.7 Å². The highest BCUT2D eigenvalue weighted by molar-refractivity contribution is 8.22. The normalized spacial score (nSPS) is 13.7. The number of hydrogen-bond donors (Lipinski definition) is 1. The average molecular weight is 237 g/mol. The molecule has 78 valence electrons. The molecule has 0 radical (unpaired) electrons. The number of anilines is 1. The van der Waals surface area contributed by atoms with Gasteiger partial charge in [-0.3, -0.25) is 4.79 Å². The molecule has 0 bridgehead atoms. The van der Waals surface area contributed by atoms with Crippen molar-refractivity contribution in [2.75, 3.05) is 17.8 Å². The minimum absolute atomic E-state index is 0.00917. The Kier molecular flexibility index (Phi) is 3.07. The Labute approximate surface area is 97.5 Å². The number of amides is 1. The first kappa shape index (κ1) is 10.6. The van der Waals surface area contributed by atoms with Crippen molar-refractivity contribution in [3.8, 4) is 0 Å². The zero-order chi connectivity index (χ0) is 10.8. The number of para-hydroxylation sites is 1. The molecule has 15 heavy (non-hydrogen) atoms. The van der Waals surface area contributed by atoms with Crippen molar-refractivity contribution in [1.82, 2.24) is 0 Å². The summed E-state index contributed by atoms with van der Waals surface area (Å²) < 4.78 is 1.07. The summed E-state index contributed by atoms with van der Waals surface area (Å²) in [4.78, 5) is 11.8. The molecule has 1 N–H and O–H groups in total. The lowest BCUT2D eigenvalue weighted by atomic mass is 10.1. The van der Waals surface area contributed by atoms with E-state index in [-0.39, 0.29) is 5.91 Å². The van der Waals surface area contributed by atoms with Gasteiger partial charge in [-0.05, 0) is 18.6 Å². The molecule has 4 heteroatoms. The second kappa shape index (κ2) is 4.33. The van der Waals surface area contributed by atoms with Gasteiger partial charge in [0.25, 0.3) is 5.91 Å². The van der Waals surface area contributed by atoms with Crippen LogP contribution in [0.1, 0.15) is 5.56 Å². The van der Waals surface area contributed by atoms with E-state index in [1.54, 1.807) is 23.5 Å². The number of carbonyl (C=O) groups is 1. The van der Waals surface area contributed by atoms with Crippen molar-refractivity contribution in [3.05, 3.63) is 34.1 Å². The molecule has 0 spiro atoms. The first-order valence-electron chi connectivity index (χ1n) is 4.51. The van der Waals surface area contributed by atoms with E-state index < -0.39 is 0 Å². The van der Waals surface area contributed by atoms with Gasteiger partial charge in [-0.15, -0.1) is 23.5 Å². The quantitative estimate of drug-likeness (QED) is 0.802. The lowest BCUT2D eigenvalue weighted by Gasteiger charge is -2.03. The highest BCUT2D eigenvalue weighted by atomic mass is 32.2. The highest BCUT2D eigenvalue weighted by Gasteiger charge is 2.26. The topological polar surface area (TPSA) is 29.1 Å². The predicted octanol–water partition coefficient (Wildman–Crippen LogP) is 3.03. The molecule has 1 aliphatic heterocycles. The van der Waals surface area contributed by atoms with Crippen LogP contribution in [0, 0.1) is 0 Å². The summed E-state index contributed by atoms with van der Waals surface area (Å²) in [6, 6.07) is 7.80. The van der Waals surface area contributed by atoms with Crippen LogP contribution >= 0.6 is 23.5 Å². The third kappa shape index (κ3) is 1.79. The van der Waals surface area contributed by atoms with E-state index in [2.05, 4.69) is 5.32 Å². The summed E-state index contributed by atoms with van der Waals surface area (Å²) in [5.41, 5.74) is 2.74. The van der Waals surface area contributed by atoms with Crippen LogP contribution in [-0.2, 0) is 4.79 Å². The lowest BCUT2D eigenvalue weighted by molar-refractivity contribution is -0.110. The Morgan fingerprint density at radius 1 is 1.20 bits per heavy atom. The first-order valence-corrected chi connectivity index (χ1v) is 6.96. The lowest BCUT2D eigenvalue weighted by Crippen LogP contribution is -2.04. The fourth-order valence-electron chi connectivity index (χ4n) is 1.61. The molecule has 0 saturated carbocycles. The molecule has 0 aromatic heterocycles. The van der Waals surface area contributed by atoms with Gasteiger partial charge in [-0.2, -0.15) is 0 Å². The minimum atomic E-state index is 0.00917. The standard InChI is InChI=1S/C11H11NOS2/c1-14-11(15-2)9-7-5-3-4-6-8(7)12-10(9)13/h3-6H,1-2H3,(H,12,13). The maximum Gasteiger partial charge on any atom is 0.258 e. The second-order valence-electron chi connectivity index (χ2n) is 3.07. The van der Waals surface area contributed by atoms with Gasteiger partial charge in [0, 0.05) is 11.3 Å². The van der Waals surface area contributed by atoms with E-state index >= 15 is 0 Å². The Morgan fingerprint density at radius 2 is 1.87 bits per heavy atom. The molecule has 0 unspecified atom stereocenters. The predicted molar refractivity (Wildman–Crippen MR) is 69.0 cm³/mol. The average Bonchev–Trinajstić information content (AvgIpc) is 2.58. The molecule has 2 nitrogen and oxygen atoms in total. The van der Waals surface area contributed by atoms with Crippen molar-refractivity contribution in [1.29, 1.82) is 0 Å². The summed E-state index contributed by atoms with van der Waals surface area (Å²) in [7, 11) is 0. The van der Waals surface area contributed by atoms with Crippen LogP contribution in [0.4, 0.5) is 5.69 Å². The second-order valence-corrected chi connectivity index (χ2v) is 4.96. The zero-order valence-electron chi connectivity index (χ0n) is 8.53. The molecule has 1 aromatic rings. The smallest absolute Gasteiger partial charge is 0.258 e. The van der Waals surface area contributed by atoms with E-state index in [9.17, 15) is 4.79 Å². The fourth-order valence-corrected chi connectivity index (χ4v) is 3.09. The van der Waals surface area contributed by atoms with Crippen LogP contribution in [0.25, 0.3) is 5.57 Å².